The molecule has 4 nitrogen and oxygen atoms in total. The van der Waals surface area contributed by atoms with Crippen molar-refractivity contribution < 1.29 is 8.42 Å². The summed E-state index contributed by atoms with van der Waals surface area (Å²) < 4.78 is 27.4. The Labute approximate surface area is 130 Å². The molecule has 1 aliphatic heterocycles. The average Bonchev–Trinajstić information content (AvgIpc) is 2.84. The van der Waals surface area contributed by atoms with Crippen LogP contribution in [0.2, 0.25) is 4.34 Å². The maximum absolute atomic E-state index is 12.0. The van der Waals surface area contributed by atoms with Crippen LogP contribution in [0.4, 0.5) is 0 Å². The highest BCUT2D eigenvalue weighted by atomic mass is 35.5. The molecule has 7 heteroatoms. The summed E-state index contributed by atoms with van der Waals surface area (Å²) in [6.45, 7) is 4.81. The molecule has 0 aliphatic carbocycles. The smallest absolute Gasteiger partial charge is 0.250 e. The van der Waals surface area contributed by atoms with Gasteiger partial charge in [-0.15, -0.1) is 11.3 Å². The Morgan fingerprint density at radius 1 is 1.45 bits per heavy atom. The van der Waals surface area contributed by atoms with Crippen LogP contribution in [-0.2, 0) is 10.0 Å². The quantitative estimate of drug-likeness (QED) is 0.812. The fourth-order valence-corrected chi connectivity index (χ4v) is 5.09. The number of likely N-dealkylation sites (tertiary alicyclic amines) is 1. The fourth-order valence-electron chi connectivity index (χ4n) is 2.49. The third-order valence-corrected chi connectivity index (χ3v) is 6.85. The highest BCUT2D eigenvalue weighted by Crippen LogP contribution is 2.25. The Morgan fingerprint density at radius 2 is 2.25 bits per heavy atom. The predicted octanol–water partition coefficient (Wildman–Crippen LogP) is 2.94. The van der Waals surface area contributed by atoms with Crippen LogP contribution in [0.3, 0.4) is 0 Å². The number of sulfonamides is 1. The standard InChI is InChI=1S/C13H21ClN2O2S2/c1-11-5-2-3-9-16(11)10-4-8-15-20(17,18)13-7-6-12(14)19-13/h6-7,11,15H,2-5,8-10H2,1H3. The zero-order chi connectivity index (χ0) is 14.6. The van der Waals surface area contributed by atoms with Gasteiger partial charge in [-0.2, -0.15) is 0 Å². The molecule has 1 aromatic heterocycles. The lowest BCUT2D eigenvalue weighted by atomic mass is 10.0. The molecule has 0 bridgehead atoms. The van der Waals surface area contributed by atoms with E-state index >= 15 is 0 Å². The number of nitrogens with zero attached hydrogens (tertiary/aromatic N) is 1. The number of halogens is 1. The molecule has 0 saturated carbocycles. The van der Waals surface area contributed by atoms with E-state index in [-0.39, 0.29) is 4.21 Å². The Hall–Kier alpha value is -0.140. The molecule has 1 unspecified atom stereocenters. The largest absolute Gasteiger partial charge is 0.301 e. The van der Waals surface area contributed by atoms with E-state index in [0.717, 1.165) is 30.8 Å². The minimum absolute atomic E-state index is 0.286. The SMILES string of the molecule is CC1CCCCN1CCCNS(=O)(=O)c1ccc(Cl)s1. The molecule has 20 heavy (non-hydrogen) atoms. The van der Waals surface area contributed by atoms with Crippen LogP contribution in [0.5, 0.6) is 0 Å². The van der Waals surface area contributed by atoms with E-state index in [4.69, 9.17) is 11.6 Å². The molecule has 1 saturated heterocycles. The topological polar surface area (TPSA) is 49.4 Å². The minimum Gasteiger partial charge on any atom is -0.301 e. The molecule has 0 aromatic carbocycles. The highest BCUT2D eigenvalue weighted by Gasteiger charge is 2.19. The second kappa shape index (κ2) is 7.22. The Morgan fingerprint density at radius 3 is 2.90 bits per heavy atom. The lowest BCUT2D eigenvalue weighted by molar-refractivity contribution is 0.159. The second-order valence-corrected chi connectivity index (χ2v) is 8.90. The lowest BCUT2D eigenvalue weighted by Crippen LogP contribution is -2.39. The van der Waals surface area contributed by atoms with Gasteiger partial charge < -0.3 is 4.90 Å². The maximum atomic E-state index is 12.0. The van der Waals surface area contributed by atoms with Gasteiger partial charge in [-0.25, -0.2) is 13.1 Å². The Balaban J connectivity index is 1.75. The summed E-state index contributed by atoms with van der Waals surface area (Å²) in [6, 6.07) is 3.77. The van der Waals surface area contributed by atoms with Crippen molar-refractivity contribution in [1.29, 1.82) is 0 Å². The van der Waals surface area contributed by atoms with Gasteiger partial charge in [0.05, 0.1) is 4.34 Å². The molecule has 1 aliphatic rings. The number of hydrogen-bond acceptors (Lipinski definition) is 4. The normalized spacial score (nSPS) is 21.2. The van der Waals surface area contributed by atoms with Crippen LogP contribution in [0.15, 0.2) is 16.3 Å². The summed E-state index contributed by atoms with van der Waals surface area (Å²) >= 11 is 6.85. The summed E-state index contributed by atoms with van der Waals surface area (Å²) in [5.74, 6) is 0. The van der Waals surface area contributed by atoms with E-state index in [1.54, 1.807) is 12.1 Å². The van der Waals surface area contributed by atoms with Gasteiger partial charge in [0.25, 0.3) is 0 Å². The van der Waals surface area contributed by atoms with Crippen molar-refractivity contribution in [1.82, 2.24) is 9.62 Å². The second-order valence-electron chi connectivity index (χ2n) is 5.19. The highest BCUT2D eigenvalue weighted by molar-refractivity contribution is 7.91. The number of piperidine rings is 1. The summed E-state index contributed by atoms with van der Waals surface area (Å²) in [5, 5.41) is 0. The fraction of sp³-hybridized carbons (Fsp3) is 0.692. The first-order valence-electron chi connectivity index (χ1n) is 6.98. The van der Waals surface area contributed by atoms with Gasteiger partial charge >= 0.3 is 0 Å². The van der Waals surface area contributed by atoms with E-state index in [2.05, 4.69) is 16.5 Å². The molecule has 114 valence electrons. The van der Waals surface area contributed by atoms with E-state index in [9.17, 15) is 8.42 Å². The molecule has 2 heterocycles. The third-order valence-electron chi connectivity index (χ3n) is 3.67. The van der Waals surface area contributed by atoms with Crippen LogP contribution < -0.4 is 4.72 Å². The van der Waals surface area contributed by atoms with E-state index in [0.29, 0.717) is 16.9 Å². The van der Waals surface area contributed by atoms with E-state index in [1.165, 1.54) is 19.3 Å². The van der Waals surface area contributed by atoms with Gasteiger partial charge in [0.1, 0.15) is 4.21 Å². The van der Waals surface area contributed by atoms with Crippen LogP contribution in [0.1, 0.15) is 32.6 Å². The first-order valence-corrected chi connectivity index (χ1v) is 9.66. The molecule has 1 atom stereocenters. The van der Waals surface area contributed by atoms with Gasteiger partial charge in [-0.05, 0) is 51.4 Å². The Bertz CT molecular complexity index is 530. The molecule has 1 fully saturated rings. The summed E-state index contributed by atoms with van der Waals surface area (Å²) in [6.07, 6.45) is 4.65. The van der Waals surface area contributed by atoms with Crippen LogP contribution >= 0.6 is 22.9 Å². The number of hydrogen-bond donors (Lipinski definition) is 1. The van der Waals surface area contributed by atoms with Gasteiger partial charge in [0.15, 0.2) is 0 Å². The molecular weight excluding hydrogens is 316 g/mol. The molecule has 0 amide bonds. The molecule has 2 rings (SSSR count). The van der Waals surface area contributed by atoms with Gasteiger partial charge in [0, 0.05) is 12.6 Å². The third kappa shape index (κ3) is 4.43. The lowest BCUT2D eigenvalue weighted by Gasteiger charge is -2.33. The van der Waals surface area contributed by atoms with Crippen molar-refractivity contribution in [3.63, 3.8) is 0 Å². The van der Waals surface area contributed by atoms with Gasteiger partial charge in [0.2, 0.25) is 10.0 Å². The van der Waals surface area contributed by atoms with Gasteiger partial charge in [-0.3, -0.25) is 0 Å². The summed E-state index contributed by atoms with van der Waals surface area (Å²) in [7, 11) is -3.39. The van der Waals surface area contributed by atoms with Crippen molar-refractivity contribution in [3.8, 4) is 0 Å². The summed E-state index contributed by atoms with van der Waals surface area (Å²) in [5.41, 5.74) is 0. The average molecular weight is 337 g/mol. The summed E-state index contributed by atoms with van der Waals surface area (Å²) in [4.78, 5) is 2.44. The first kappa shape index (κ1) is 16.2. The molecule has 1 N–H and O–H groups in total. The molecule has 1 aromatic rings. The zero-order valence-electron chi connectivity index (χ0n) is 11.6. The van der Waals surface area contributed by atoms with Crippen LogP contribution in [0, 0.1) is 0 Å². The minimum atomic E-state index is -3.39. The monoisotopic (exact) mass is 336 g/mol. The van der Waals surface area contributed by atoms with Crippen molar-refractivity contribution in [2.75, 3.05) is 19.6 Å². The van der Waals surface area contributed by atoms with E-state index in [1.807, 2.05) is 0 Å². The van der Waals surface area contributed by atoms with Crippen molar-refractivity contribution in [2.24, 2.45) is 0 Å². The predicted molar refractivity (Wildman–Crippen MR) is 84.0 cm³/mol. The van der Waals surface area contributed by atoms with E-state index < -0.39 is 10.0 Å². The van der Waals surface area contributed by atoms with Crippen molar-refractivity contribution >= 4 is 33.0 Å². The number of nitrogens with one attached hydrogen (secondary N) is 1. The van der Waals surface area contributed by atoms with Crippen LogP contribution in [-0.4, -0.2) is 39.0 Å². The Kier molecular flexibility index (Phi) is 5.86. The number of thiophene rings is 1. The molecule has 0 spiro atoms. The zero-order valence-corrected chi connectivity index (χ0v) is 14.0. The number of rotatable bonds is 6. The molecule has 0 radical (unpaired) electrons. The molecular formula is C13H21ClN2O2S2. The van der Waals surface area contributed by atoms with Gasteiger partial charge in [-0.1, -0.05) is 18.0 Å². The maximum Gasteiger partial charge on any atom is 0.250 e. The van der Waals surface area contributed by atoms with Crippen LogP contribution in [0.25, 0.3) is 0 Å². The van der Waals surface area contributed by atoms with Crippen molar-refractivity contribution in [2.45, 2.75) is 42.9 Å². The van der Waals surface area contributed by atoms with Crippen molar-refractivity contribution in [3.05, 3.63) is 16.5 Å². The first-order chi connectivity index (χ1) is 9.49.